The first-order valence-electron chi connectivity index (χ1n) is 5.44. The minimum atomic E-state index is -0.141. The summed E-state index contributed by atoms with van der Waals surface area (Å²) in [5.74, 6) is 0.346. The van der Waals surface area contributed by atoms with Crippen LogP contribution in [0.2, 0.25) is 0 Å². The molecule has 1 amide bonds. The first kappa shape index (κ1) is 11.7. The first-order valence-corrected chi connectivity index (χ1v) is 6.17. The fourth-order valence-electron chi connectivity index (χ4n) is 1.69. The van der Waals surface area contributed by atoms with Gasteiger partial charge in [-0.15, -0.1) is 0 Å². The highest BCUT2D eigenvalue weighted by atomic mass is 32.1. The number of carbonyl (C=O) groups excluding carboxylic acids is 1. The van der Waals surface area contributed by atoms with E-state index >= 15 is 0 Å². The number of nitrogens with zero attached hydrogens (tertiary/aromatic N) is 2. The average molecular weight is 247 g/mol. The molecule has 17 heavy (non-hydrogen) atoms. The summed E-state index contributed by atoms with van der Waals surface area (Å²) in [7, 11) is 0. The van der Waals surface area contributed by atoms with E-state index in [4.69, 9.17) is 0 Å². The van der Waals surface area contributed by atoms with Gasteiger partial charge in [-0.2, -0.15) is 8.75 Å². The number of hydrogen-bond donors (Lipinski definition) is 1. The maximum absolute atomic E-state index is 12.1. The van der Waals surface area contributed by atoms with E-state index in [2.05, 4.69) is 14.1 Å². The van der Waals surface area contributed by atoms with Crippen molar-refractivity contribution in [2.24, 2.45) is 0 Å². The maximum atomic E-state index is 12.1. The average Bonchev–Trinajstić information content (AvgIpc) is 2.84. The molecule has 0 saturated carbocycles. The second-order valence-electron chi connectivity index (χ2n) is 3.65. The molecule has 0 fully saturated rings. The Morgan fingerprint density at radius 3 is 2.76 bits per heavy atom. The summed E-state index contributed by atoms with van der Waals surface area (Å²) >= 11 is 1.08. The third kappa shape index (κ3) is 2.88. The number of amides is 1. The van der Waals surface area contributed by atoms with Crippen molar-refractivity contribution in [1.29, 1.82) is 0 Å². The van der Waals surface area contributed by atoms with Gasteiger partial charge in [0.05, 0.1) is 23.8 Å². The Balaban J connectivity index is 2.11. The van der Waals surface area contributed by atoms with Crippen LogP contribution in [-0.2, 0) is 4.79 Å². The molecule has 0 aliphatic rings. The van der Waals surface area contributed by atoms with Crippen LogP contribution in [0.5, 0.6) is 0 Å². The molecule has 1 atom stereocenters. The molecular formula is C12H13N3OS. The van der Waals surface area contributed by atoms with Crippen LogP contribution in [0.4, 0.5) is 5.82 Å². The van der Waals surface area contributed by atoms with Crippen molar-refractivity contribution >= 4 is 23.5 Å². The van der Waals surface area contributed by atoms with E-state index in [0.717, 1.165) is 23.7 Å². The topological polar surface area (TPSA) is 54.9 Å². The van der Waals surface area contributed by atoms with E-state index in [9.17, 15) is 4.79 Å². The predicted octanol–water partition coefficient (Wildman–Crippen LogP) is 2.67. The van der Waals surface area contributed by atoms with Crippen molar-refractivity contribution in [2.45, 2.75) is 19.3 Å². The van der Waals surface area contributed by atoms with E-state index in [1.165, 1.54) is 0 Å². The third-order valence-electron chi connectivity index (χ3n) is 2.54. The number of benzene rings is 1. The Labute approximate surface area is 104 Å². The molecule has 0 aliphatic carbocycles. The van der Waals surface area contributed by atoms with Crippen LogP contribution in [-0.4, -0.2) is 14.7 Å². The minimum Gasteiger partial charge on any atom is -0.308 e. The Morgan fingerprint density at radius 2 is 2.18 bits per heavy atom. The highest BCUT2D eigenvalue weighted by Gasteiger charge is 2.18. The van der Waals surface area contributed by atoms with Crippen LogP contribution >= 0.6 is 11.7 Å². The highest BCUT2D eigenvalue weighted by Crippen LogP contribution is 2.20. The molecular weight excluding hydrogens is 234 g/mol. The van der Waals surface area contributed by atoms with Gasteiger partial charge >= 0.3 is 0 Å². The zero-order valence-corrected chi connectivity index (χ0v) is 10.3. The van der Waals surface area contributed by atoms with E-state index < -0.39 is 0 Å². The van der Waals surface area contributed by atoms with Crippen molar-refractivity contribution in [3.8, 4) is 0 Å². The van der Waals surface area contributed by atoms with Crippen molar-refractivity contribution in [3.05, 3.63) is 42.1 Å². The van der Waals surface area contributed by atoms with Gasteiger partial charge in [-0.05, 0) is 12.0 Å². The van der Waals surface area contributed by atoms with Crippen molar-refractivity contribution < 1.29 is 4.79 Å². The zero-order chi connectivity index (χ0) is 12.1. The maximum Gasteiger partial charge on any atom is 0.233 e. The van der Waals surface area contributed by atoms with E-state index in [-0.39, 0.29) is 11.8 Å². The van der Waals surface area contributed by atoms with Gasteiger partial charge in [-0.1, -0.05) is 37.3 Å². The molecule has 0 saturated heterocycles. The lowest BCUT2D eigenvalue weighted by Gasteiger charge is -2.13. The molecule has 0 spiro atoms. The standard InChI is InChI=1S/C12H13N3OS/c1-2-10(9-6-4-3-5-7-9)12(16)14-11-8-13-17-15-11/h3-8,10H,2H2,1H3,(H,14,15,16). The molecule has 2 aromatic rings. The smallest absolute Gasteiger partial charge is 0.233 e. The SMILES string of the molecule is CCC(C(=O)Nc1cnsn1)c1ccccc1. The van der Waals surface area contributed by atoms with Crippen LogP contribution in [0.25, 0.3) is 0 Å². The van der Waals surface area contributed by atoms with Crippen LogP contribution in [0, 0.1) is 0 Å². The van der Waals surface area contributed by atoms with Crippen molar-refractivity contribution in [3.63, 3.8) is 0 Å². The molecule has 1 aromatic carbocycles. The molecule has 4 nitrogen and oxygen atoms in total. The van der Waals surface area contributed by atoms with Gasteiger partial charge < -0.3 is 5.32 Å². The quantitative estimate of drug-likeness (QED) is 0.903. The molecule has 1 aromatic heterocycles. The molecule has 1 heterocycles. The Bertz CT molecular complexity index is 470. The van der Waals surface area contributed by atoms with Gasteiger partial charge in [0.2, 0.25) is 5.91 Å². The highest BCUT2D eigenvalue weighted by molar-refractivity contribution is 6.99. The van der Waals surface area contributed by atoms with Gasteiger partial charge in [0.1, 0.15) is 0 Å². The minimum absolute atomic E-state index is 0.0357. The van der Waals surface area contributed by atoms with Gasteiger partial charge in [0.25, 0.3) is 0 Å². The summed E-state index contributed by atoms with van der Waals surface area (Å²) in [6, 6.07) is 9.75. The lowest BCUT2D eigenvalue weighted by molar-refractivity contribution is -0.117. The molecule has 0 aliphatic heterocycles. The largest absolute Gasteiger partial charge is 0.308 e. The van der Waals surface area contributed by atoms with Gasteiger partial charge in [-0.3, -0.25) is 4.79 Å². The summed E-state index contributed by atoms with van der Waals surface area (Å²) in [4.78, 5) is 12.1. The van der Waals surface area contributed by atoms with Gasteiger partial charge in [-0.25, -0.2) is 0 Å². The lowest BCUT2D eigenvalue weighted by atomic mass is 9.96. The van der Waals surface area contributed by atoms with Crippen LogP contribution in [0.15, 0.2) is 36.5 Å². The normalized spacial score (nSPS) is 12.1. The molecule has 0 bridgehead atoms. The summed E-state index contributed by atoms with van der Waals surface area (Å²) in [6.45, 7) is 2.00. The number of rotatable bonds is 4. The van der Waals surface area contributed by atoms with E-state index in [0.29, 0.717) is 5.82 Å². The first-order chi connectivity index (χ1) is 8.31. The monoisotopic (exact) mass is 247 g/mol. The summed E-state index contributed by atoms with van der Waals surface area (Å²) < 4.78 is 7.81. The summed E-state index contributed by atoms with van der Waals surface area (Å²) in [5, 5.41) is 2.77. The summed E-state index contributed by atoms with van der Waals surface area (Å²) in [6.07, 6.45) is 2.31. The molecule has 1 N–H and O–H groups in total. The molecule has 2 rings (SSSR count). The zero-order valence-electron chi connectivity index (χ0n) is 9.46. The predicted molar refractivity (Wildman–Crippen MR) is 68.0 cm³/mol. The van der Waals surface area contributed by atoms with E-state index in [1.54, 1.807) is 6.20 Å². The van der Waals surface area contributed by atoms with Crippen molar-refractivity contribution in [1.82, 2.24) is 8.75 Å². The number of carbonyl (C=O) groups is 1. The van der Waals surface area contributed by atoms with E-state index in [1.807, 2.05) is 37.3 Å². The number of anilines is 1. The molecule has 1 unspecified atom stereocenters. The molecule has 88 valence electrons. The molecule has 5 heteroatoms. The number of nitrogens with one attached hydrogen (secondary N) is 1. The lowest BCUT2D eigenvalue weighted by Crippen LogP contribution is -2.20. The van der Waals surface area contributed by atoms with Crippen LogP contribution in [0.3, 0.4) is 0 Å². The Kier molecular flexibility index (Phi) is 3.82. The fourth-order valence-corrected chi connectivity index (χ4v) is 2.07. The second-order valence-corrected chi connectivity index (χ2v) is 4.21. The number of aromatic nitrogens is 2. The van der Waals surface area contributed by atoms with Crippen LogP contribution in [0.1, 0.15) is 24.8 Å². The second kappa shape index (κ2) is 5.54. The third-order valence-corrected chi connectivity index (χ3v) is 3.02. The Hall–Kier alpha value is -1.75. The van der Waals surface area contributed by atoms with Crippen molar-refractivity contribution in [2.75, 3.05) is 5.32 Å². The van der Waals surface area contributed by atoms with Gasteiger partial charge in [0.15, 0.2) is 5.82 Å². The fraction of sp³-hybridized carbons (Fsp3) is 0.250. The Morgan fingerprint density at radius 1 is 1.41 bits per heavy atom. The van der Waals surface area contributed by atoms with Gasteiger partial charge in [0, 0.05) is 0 Å². The summed E-state index contributed by atoms with van der Waals surface area (Å²) in [5.41, 5.74) is 1.02. The molecule has 0 radical (unpaired) electrons. The number of hydrogen-bond acceptors (Lipinski definition) is 4. The van der Waals surface area contributed by atoms with Crippen LogP contribution < -0.4 is 5.32 Å².